The van der Waals surface area contributed by atoms with Gasteiger partial charge in [-0.15, -0.1) is 10.2 Å². The van der Waals surface area contributed by atoms with Crippen LogP contribution in [0.15, 0.2) is 23.0 Å². The highest BCUT2D eigenvalue weighted by molar-refractivity contribution is 6.29. The molecule has 3 aromatic rings. The Morgan fingerprint density at radius 2 is 2.28 bits per heavy atom. The molecule has 0 spiro atoms. The predicted molar refractivity (Wildman–Crippen MR) is 62.0 cm³/mol. The first-order valence-electron chi connectivity index (χ1n) is 5.09. The molecular formula is C10H8ClN5O2. The molecule has 0 N–H and O–H groups in total. The molecule has 0 aliphatic heterocycles. The van der Waals surface area contributed by atoms with Crippen LogP contribution in [-0.4, -0.2) is 31.8 Å². The third kappa shape index (κ3) is 1.83. The van der Waals surface area contributed by atoms with E-state index >= 15 is 0 Å². The van der Waals surface area contributed by atoms with Gasteiger partial charge in [-0.2, -0.15) is 0 Å². The predicted octanol–water partition coefficient (Wildman–Crippen LogP) is 1.58. The zero-order chi connectivity index (χ0) is 12.5. The van der Waals surface area contributed by atoms with Crippen molar-refractivity contribution in [1.82, 2.24) is 24.7 Å². The summed E-state index contributed by atoms with van der Waals surface area (Å²) < 4.78 is 11.7. The average molecular weight is 266 g/mol. The van der Waals surface area contributed by atoms with Crippen LogP contribution >= 0.6 is 11.6 Å². The third-order valence-electron chi connectivity index (χ3n) is 2.34. The van der Waals surface area contributed by atoms with Crippen molar-refractivity contribution in [2.24, 2.45) is 0 Å². The van der Waals surface area contributed by atoms with Crippen molar-refractivity contribution in [2.45, 2.75) is 6.61 Å². The van der Waals surface area contributed by atoms with Crippen LogP contribution < -0.4 is 0 Å². The topological polar surface area (TPSA) is 78.3 Å². The Morgan fingerprint density at radius 3 is 3.11 bits per heavy atom. The number of fused-ring (bicyclic) bond motifs is 1. The van der Waals surface area contributed by atoms with E-state index in [1.165, 1.54) is 6.33 Å². The van der Waals surface area contributed by atoms with E-state index in [0.717, 1.165) is 0 Å². The fraction of sp³-hybridized carbons (Fsp3) is 0.200. The second-order valence-electron chi connectivity index (χ2n) is 3.57. The summed E-state index contributed by atoms with van der Waals surface area (Å²) in [7, 11) is 1.58. The minimum atomic E-state index is 0.355. The maximum absolute atomic E-state index is 5.78. The normalized spacial score (nSPS) is 11.2. The fourth-order valence-electron chi connectivity index (χ4n) is 1.58. The zero-order valence-corrected chi connectivity index (χ0v) is 10.1. The van der Waals surface area contributed by atoms with E-state index < -0.39 is 0 Å². The summed E-state index contributed by atoms with van der Waals surface area (Å²) in [4.78, 5) is 3.97. The maximum atomic E-state index is 5.78. The van der Waals surface area contributed by atoms with Crippen molar-refractivity contribution >= 4 is 17.2 Å². The van der Waals surface area contributed by atoms with E-state index in [9.17, 15) is 0 Å². The molecule has 0 bridgehead atoms. The standard InChI is InChI=1S/C10H8ClN5O2/c1-17-4-6-2-7(15-18-6)10-14-13-9-3-8(11)12-5-16(9)10/h2-3,5H,4H2,1H3. The van der Waals surface area contributed by atoms with Crippen LogP contribution in [0, 0.1) is 0 Å². The number of aromatic nitrogens is 5. The van der Waals surface area contributed by atoms with Crippen molar-refractivity contribution in [2.75, 3.05) is 7.11 Å². The van der Waals surface area contributed by atoms with Gasteiger partial charge in [0.15, 0.2) is 22.9 Å². The van der Waals surface area contributed by atoms with Gasteiger partial charge in [-0.1, -0.05) is 16.8 Å². The van der Waals surface area contributed by atoms with Crippen LogP contribution in [0.4, 0.5) is 0 Å². The lowest BCUT2D eigenvalue weighted by molar-refractivity contribution is 0.156. The summed E-state index contributed by atoms with van der Waals surface area (Å²) in [6, 6.07) is 3.36. The minimum absolute atomic E-state index is 0.355. The molecule has 3 aromatic heterocycles. The molecule has 0 saturated carbocycles. The number of methoxy groups -OCH3 is 1. The highest BCUT2D eigenvalue weighted by atomic mass is 35.5. The smallest absolute Gasteiger partial charge is 0.191 e. The molecule has 0 atom stereocenters. The van der Waals surface area contributed by atoms with E-state index in [1.54, 1.807) is 23.6 Å². The number of nitrogens with zero attached hydrogens (tertiary/aromatic N) is 5. The quantitative estimate of drug-likeness (QED) is 0.669. The first-order valence-corrected chi connectivity index (χ1v) is 5.47. The summed E-state index contributed by atoms with van der Waals surface area (Å²) >= 11 is 5.78. The first-order chi connectivity index (χ1) is 8.78. The van der Waals surface area contributed by atoms with Crippen molar-refractivity contribution in [1.29, 1.82) is 0 Å². The molecule has 18 heavy (non-hydrogen) atoms. The Bertz CT molecular complexity index is 692. The second-order valence-corrected chi connectivity index (χ2v) is 3.96. The van der Waals surface area contributed by atoms with Crippen LogP contribution in [0.5, 0.6) is 0 Å². The molecule has 0 saturated heterocycles. The highest BCUT2D eigenvalue weighted by Crippen LogP contribution is 2.19. The number of rotatable bonds is 3. The lowest BCUT2D eigenvalue weighted by Gasteiger charge is -1.94. The van der Waals surface area contributed by atoms with E-state index in [1.807, 2.05) is 0 Å². The highest BCUT2D eigenvalue weighted by Gasteiger charge is 2.13. The average Bonchev–Trinajstić information content (AvgIpc) is 2.95. The van der Waals surface area contributed by atoms with Gasteiger partial charge in [0.05, 0.1) is 0 Å². The molecule has 0 fully saturated rings. The second kappa shape index (κ2) is 4.35. The van der Waals surface area contributed by atoms with Crippen LogP contribution in [0.3, 0.4) is 0 Å². The van der Waals surface area contributed by atoms with E-state index in [4.69, 9.17) is 20.9 Å². The van der Waals surface area contributed by atoms with Crippen LogP contribution in [-0.2, 0) is 11.3 Å². The lowest BCUT2D eigenvalue weighted by atomic mass is 10.3. The van der Waals surface area contributed by atoms with Gasteiger partial charge in [0.25, 0.3) is 0 Å². The molecule has 8 heteroatoms. The maximum Gasteiger partial charge on any atom is 0.191 e. The molecule has 0 unspecified atom stereocenters. The van der Waals surface area contributed by atoms with Gasteiger partial charge in [-0.3, -0.25) is 4.40 Å². The van der Waals surface area contributed by atoms with Gasteiger partial charge in [0, 0.05) is 19.2 Å². The number of hydrogen-bond acceptors (Lipinski definition) is 6. The SMILES string of the molecule is COCc1cc(-c2nnc3cc(Cl)ncn23)no1. The van der Waals surface area contributed by atoms with Crippen molar-refractivity contribution in [3.05, 3.63) is 29.4 Å². The molecule has 0 aromatic carbocycles. The molecule has 0 aliphatic carbocycles. The monoisotopic (exact) mass is 265 g/mol. The Hall–Kier alpha value is -1.99. The van der Waals surface area contributed by atoms with Gasteiger partial charge in [-0.25, -0.2) is 4.98 Å². The van der Waals surface area contributed by atoms with Gasteiger partial charge >= 0.3 is 0 Å². The molecule has 3 heterocycles. The van der Waals surface area contributed by atoms with Gasteiger partial charge in [0.1, 0.15) is 18.1 Å². The molecule has 7 nitrogen and oxygen atoms in total. The fourth-order valence-corrected chi connectivity index (χ4v) is 1.72. The summed E-state index contributed by atoms with van der Waals surface area (Å²) in [6.07, 6.45) is 1.54. The van der Waals surface area contributed by atoms with Crippen LogP contribution in [0.25, 0.3) is 17.2 Å². The number of halogens is 1. The van der Waals surface area contributed by atoms with Crippen molar-refractivity contribution in [3.8, 4) is 11.5 Å². The Labute approximate surface area is 106 Å². The van der Waals surface area contributed by atoms with E-state index in [2.05, 4.69) is 20.3 Å². The first kappa shape index (κ1) is 11.1. The molecule has 0 aliphatic rings. The zero-order valence-electron chi connectivity index (χ0n) is 9.37. The summed E-state index contributed by atoms with van der Waals surface area (Å²) in [6.45, 7) is 0.355. The number of ether oxygens (including phenoxy) is 1. The molecule has 0 radical (unpaired) electrons. The molecule has 0 amide bonds. The van der Waals surface area contributed by atoms with E-state index in [-0.39, 0.29) is 0 Å². The van der Waals surface area contributed by atoms with Crippen molar-refractivity contribution < 1.29 is 9.26 Å². The van der Waals surface area contributed by atoms with Crippen LogP contribution in [0.1, 0.15) is 5.76 Å². The van der Waals surface area contributed by atoms with Gasteiger partial charge in [0.2, 0.25) is 0 Å². The third-order valence-corrected chi connectivity index (χ3v) is 2.55. The number of hydrogen-bond donors (Lipinski definition) is 0. The lowest BCUT2D eigenvalue weighted by Crippen LogP contribution is -1.91. The summed E-state index contributed by atoms with van der Waals surface area (Å²) in [5, 5.41) is 12.3. The van der Waals surface area contributed by atoms with Gasteiger partial charge < -0.3 is 9.26 Å². The van der Waals surface area contributed by atoms with Crippen molar-refractivity contribution in [3.63, 3.8) is 0 Å². The van der Waals surface area contributed by atoms with E-state index in [0.29, 0.717) is 34.7 Å². The minimum Gasteiger partial charge on any atom is -0.377 e. The Kier molecular flexibility index (Phi) is 2.69. The van der Waals surface area contributed by atoms with Gasteiger partial charge in [-0.05, 0) is 0 Å². The molecule has 3 rings (SSSR count). The summed E-state index contributed by atoms with van der Waals surface area (Å²) in [5.74, 6) is 1.16. The molecular weight excluding hydrogens is 258 g/mol. The summed E-state index contributed by atoms with van der Waals surface area (Å²) in [5.41, 5.74) is 1.17. The largest absolute Gasteiger partial charge is 0.377 e. The Morgan fingerprint density at radius 1 is 1.39 bits per heavy atom. The Balaban J connectivity index is 2.07. The molecule has 92 valence electrons. The van der Waals surface area contributed by atoms with Crippen LogP contribution in [0.2, 0.25) is 5.15 Å².